The third-order valence-corrected chi connectivity index (χ3v) is 2.05. The smallest absolute Gasteiger partial charge is 0.0880 e. The number of hydrogen-bond donors (Lipinski definition) is 0. The molecule has 0 aliphatic rings. The SMILES string of the molecule is [N-]=[N+]=NCC#Cc1ccc2cccnc2c1. The Labute approximate surface area is 92.6 Å². The molecule has 2 aromatic rings. The maximum absolute atomic E-state index is 8.09. The van der Waals surface area contributed by atoms with Crippen LogP contribution in [0.5, 0.6) is 0 Å². The fourth-order valence-corrected chi connectivity index (χ4v) is 1.35. The summed E-state index contributed by atoms with van der Waals surface area (Å²) in [6.45, 7) is 0.191. The van der Waals surface area contributed by atoms with Crippen LogP contribution in [0.25, 0.3) is 21.3 Å². The van der Waals surface area contributed by atoms with E-state index in [4.69, 9.17) is 5.53 Å². The fourth-order valence-electron chi connectivity index (χ4n) is 1.35. The first-order valence-corrected chi connectivity index (χ1v) is 4.74. The maximum Gasteiger partial charge on any atom is 0.0880 e. The summed E-state index contributed by atoms with van der Waals surface area (Å²) in [6.07, 6.45) is 1.75. The lowest BCUT2D eigenvalue weighted by molar-refractivity contribution is 1.25. The highest BCUT2D eigenvalue weighted by Crippen LogP contribution is 2.12. The van der Waals surface area contributed by atoms with Crippen LogP contribution in [0, 0.1) is 11.8 Å². The van der Waals surface area contributed by atoms with Crippen LogP contribution in [0.2, 0.25) is 0 Å². The Kier molecular flexibility index (Phi) is 3.03. The molecule has 1 aromatic heterocycles. The van der Waals surface area contributed by atoms with Crippen molar-refractivity contribution in [3.8, 4) is 11.8 Å². The van der Waals surface area contributed by atoms with E-state index in [-0.39, 0.29) is 6.54 Å². The van der Waals surface area contributed by atoms with Gasteiger partial charge in [0.1, 0.15) is 0 Å². The lowest BCUT2D eigenvalue weighted by Crippen LogP contribution is -1.80. The number of azide groups is 1. The molecule has 0 spiro atoms. The molecule has 0 atom stereocenters. The van der Waals surface area contributed by atoms with Crippen LogP contribution < -0.4 is 0 Å². The van der Waals surface area contributed by atoms with Crippen molar-refractivity contribution in [2.45, 2.75) is 0 Å². The quantitative estimate of drug-likeness (QED) is 0.307. The van der Waals surface area contributed by atoms with Gasteiger partial charge in [0.05, 0.1) is 12.1 Å². The fraction of sp³-hybridized carbons (Fsp3) is 0.0833. The number of pyridine rings is 1. The van der Waals surface area contributed by atoms with Crippen molar-refractivity contribution in [3.63, 3.8) is 0 Å². The van der Waals surface area contributed by atoms with Gasteiger partial charge in [0, 0.05) is 22.1 Å². The molecule has 0 radical (unpaired) electrons. The van der Waals surface area contributed by atoms with Gasteiger partial charge in [-0.3, -0.25) is 4.98 Å². The Balaban J connectivity index is 2.31. The van der Waals surface area contributed by atoms with Gasteiger partial charge >= 0.3 is 0 Å². The zero-order valence-electron chi connectivity index (χ0n) is 8.46. The highest BCUT2D eigenvalue weighted by Gasteiger charge is 1.93. The minimum Gasteiger partial charge on any atom is -0.256 e. The molecular formula is C12H8N4. The molecule has 2 rings (SSSR count). The molecule has 0 fully saturated rings. The standard InChI is InChI=1S/C12H8N4/c13-16-15-8-1-3-10-5-6-11-4-2-7-14-12(11)9-10/h2,4-7,9H,8H2. The van der Waals surface area contributed by atoms with Crippen LogP contribution in [0.4, 0.5) is 0 Å². The van der Waals surface area contributed by atoms with Crippen molar-refractivity contribution in [3.05, 3.63) is 52.5 Å². The molecule has 0 amide bonds. The Morgan fingerprint density at radius 2 is 2.31 bits per heavy atom. The van der Waals surface area contributed by atoms with E-state index in [0.717, 1.165) is 16.5 Å². The van der Waals surface area contributed by atoms with Crippen molar-refractivity contribution in [2.24, 2.45) is 5.11 Å². The first-order chi connectivity index (χ1) is 7.90. The number of rotatable bonds is 1. The molecule has 1 aromatic carbocycles. The number of aromatic nitrogens is 1. The molecule has 4 heteroatoms. The van der Waals surface area contributed by atoms with Gasteiger partial charge in [0.15, 0.2) is 0 Å². The zero-order valence-corrected chi connectivity index (χ0v) is 8.46. The minimum absolute atomic E-state index is 0.191. The van der Waals surface area contributed by atoms with E-state index in [0.29, 0.717) is 0 Å². The monoisotopic (exact) mass is 208 g/mol. The van der Waals surface area contributed by atoms with Gasteiger partial charge in [0.25, 0.3) is 0 Å². The molecular weight excluding hydrogens is 200 g/mol. The summed E-state index contributed by atoms with van der Waals surface area (Å²) >= 11 is 0. The summed E-state index contributed by atoms with van der Waals surface area (Å²) < 4.78 is 0. The number of benzene rings is 1. The lowest BCUT2D eigenvalue weighted by Gasteiger charge is -1.96. The highest BCUT2D eigenvalue weighted by atomic mass is 15.1. The van der Waals surface area contributed by atoms with E-state index in [9.17, 15) is 0 Å². The summed E-state index contributed by atoms with van der Waals surface area (Å²) in [5.41, 5.74) is 9.87. The topological polar surface area (TPSA) is 61.7 Å². The molecule has 0 saturated heterocycles. The van der Waals surface area contributed by atoms with E-state index < -0.39 is 0 Å². The summed E-state index contributed by atoms with van der Waals surface area (Å²) in [5, 5.41) is 4.43. The molecule has 16 heavy (non-hydrogen) atoms. The zero-order chi connectivity index (χ0) is 11.2. The molecule has 4 nitrogen and oxygen atoms in total. The van der Waals surface area contributed by atoms with Crippen LogP contribution in [-0.4, -0.2) is 11.5 Å². The average Bonchev–Trinajstić information content (AvgIpc) is 2.34. The van der Waals surface area contributed by atoms with Gasteiger partial charge < -0.3 is 0 Å². The summed E-state index contributed by atoms with van der Waals surface area (Å²) in [7, 11) is 0. The van der Waals surface area contributed by atoms with E-state index >= 15 is 0 Å². The summed E-state index contributed by atoms with van der Waals surface area (Å²) in [5.74, 6) is 5.69. The summed E-state index contributed by atoms with van der Waals surface area (Å²) in [4.78, 5) is 6.86. The van der Waals surface area contributed by atoms with Crippen LogP contribution in [-0.2, 0) is 0 Å². The molecule has 0 saturated carbocycles. The molecule has 0 aliphatic heterocycles. The largest absolute Gasteiger partial charge is 0.256 e. The Morgan fingerprint density at radius 3 is 3.19 bits per heavy atom. The normalized spacial score (nSPS) is 9.00. The van der Waals surface area contributed by atoms with Crippen LogP contribution in [0.15, 0.2) is 41.6 Å². The second kappa shape index (κ2) is 4.83. The number of nitrogens with zero attached hydrogens (tertiary/aromatic N) is 4. The average molecular weight is 208 g/mol. The van der Waals surface area contributed by atoms with E-state index in [1.165, 1.54) is 0 Å². The molecule has 0 aliphatic carbocycles. The van der Waals surface area contributed by atoms with Gasteiger partial charge in [-0.1, -0.05) is 29.1 Å². The molecule has 0 unspecified atom stereocenters. The first kappa shape index (κ1) is 10.0. The second-order valence-electron chi connectivity index (χ2n) is 3.10. The minimum atomic E-state index is 0.191. The maximum atomic E-state index is 8.09. The number of hydrogen-bond acceptors (Lipinski definition) is 2. The third kappa shape index (κ3) is 2.30. The van der Waals surface area contributed by atoms with Crippen LogP contribution >= 0.6 is 0 Å². The number of fused-ring (bicyclic) bond motifs is 1. The van der Waals surface area contributed by atoms with E-state index in [1.807, 2.05) is 30.3 Å². The van der Waals surface area contributed by atoms with Crippen molar-refractivity contribution >= 4 is 10.9 Å². The van der Waals surface area contributed by atoms with Crippen LogP contribution in [0.1, 0.15) is 5.56 Å². The highest BCUT2D eigenvalue weighted by molar-refractivity contribution is 5.79. The lowest BCUT2D eigenvalue weighted by atomic mass is 10.1. The molecule has 0 bridgehead atoms. The Hall–Kier alpha value is -2.50. The Morgan fingerprint density at radius 1 is 1.38 bits per heavy atom. The van der Waals surface area contributed by atoms with Gasteiger partial charge in [-0.2, -0.15) is 0 Å². The van der Waals surface area contributed by atoms with Crippen molar-refractivity contribution in [2.75, 3.05) is 6.54 Å². The Bertz CT molecular complexity index is 615. The van der Waals surface area contributed by atoms with Gasteiger partial charge in [-0.25, -0.2) is 0 Å². The van der Waals surface area contributed by atoms with Crippen molar-refractivity contribution < 1.29 is 0 Å². The second-order valence-corrected chi connectivity index (χ2v) is 3.10. The van der Waals surface area contributed by atoms with Crippen molar-refractivity contribution in [1.29, 1.82) is 0 Å². The van der Waals surface area contributed by atoms with E-state index in [1.54, 1.807) is 6.20 Å². The van der Waals surface area contributed by atoms with Crippen molar-refractivity contribution in [1.82, 2.24) is 4.98 Å². The molecule has 76 valence electrons. The van der Waals surface area contributed by atoms with E-state index in [2.05, 4.69) is 26.9 Å². The third-order valence-electron chi connectivity index (χ3n) is 2.05. The predicted molar refractivity (Wildman–Crippen MR) is 62.6 cm³/mol. The van der Waals surface area contributed by atoms with Gasteiger partial charge in [0.2, 0.25) is 0 Å². The van der Waals surface area contributed by atoms with Gasteiger partial charge in [-0.05, 0) is 23.7 Å². The van der Waals surface area contributed by atoms with Crippen LogP contribution in [0.3, 0.4) is 0 Å². The summed E-state index contributed by atoms with van der Waals surface area (Å²) in [6, 6.07) is 9.71. The molecule has 0 N–H and O–H groups in total. The molecule has 1 heterocycles. The van der Waals surface area contributed by atoms with Gasteiger partial charge in [-0.15, -0.1) is 0 Å². The predicted octanol–water partition coefficient (Wildman–Crippen LogP) is 2.90. The first-order valence-electron chi connectivity index (χ1n) is 4.74.